The molecule has 1 atom stereocenters. The Morgan fingerprint density at radius 3 is 2.36 bits per heavy atom. The van der Waals surface area contributed by atoms with Crippen LogP contribution in [0, 0.1) is 5.41 Å². The number of amides is 2. The molecule has 0 saturated heterocycles. The number of benzene rings is 1. The molecule has 2 amide bonds. The molecule has 2 aromatic heterocycles. The Hall–Kier alpha value is -3.95. The van der Waals surface area contributed by atoms with Crippen molar-refractivity contribution in [2.75, 3.05) is 5.32 Å². The average molecular weight is 536 g/mol. The van der Waals surface area contributed by atoms with Crippen molar-refractivity contribution in [3.8, 4) is 11.3 Å². The zero-order valence-corrected chi connectivity index (χ0v) is 23.6. The summed E-state index contributed by atoms with van der Waals surface area (Å²) in [6.07, 6.45) is 0.753. The van der Waals surface area contributed by atoms with Crippen LogP contribution in [-0.2, 0) is 22.4 Å². The molecule has 0 bridgehead atoms. The summed E-state index contributed by atoms with van der Waals surface area (Å²) in [5.41, 5.74) is 8.01. The van der Waals surface area contributed by atoms with Crippen LogP contribution in [0.5, 0.6) is 0 Å². The molecule has 208 valence electrons. The molecule has 1 aromatic carbocycles. The predicted octanol–water partition coefficient (Wildman–Crippen LogP) is 5.43. The van der Waals surface area contributed by atoms with Gasteiger partial charge in [-0.2, -0.15) is 5.10 Å². The van der Waals surface area contributed by atoms with Crippen molar-refractivity contribution in [1.82, 2.24) is 14.9 Å². The van der Waals surface area contributed by atoms with E-state index in [0.29, 0.717) is 22.9 Å². The molecule has 10 heteroatoms. The van der Waals surface area contributed by atoms with Crippen LogP contribution in [0.25, 0.3) is 11.3 Å². The minimum atomic E-state index is -0.733. The maximum absolute atomic E-state index is 12.7. The summed E-state index contributed by atoms with van der Waals surface area (Å²) in [6, 6.07) is 8.89. The van der Waals surface area contributed by atoms with Crippen LogP contribution in [0.15, 0.2) is 34.9 Å². The number of ketones is 1. The van der Waals surface area contributed by atoms with Crippen molar-refractivity contribution in [3.63, 3.8) is 0 Å². The van der Waals surface area contributed by atoms with E-state index < -0.39 is 17.6 Å². The lowest BCUT2D eigenvalue weighted by Gasteiger charge is -2.20. The molecule has 3 N–H and O–H groups in total. The van der Waals surface area contributed by atoms with E-state index in [1.807, 2.05) is 32.0 Å². The number of hydrogen-bond acceptors (Lipinski definition) is 7. The molecule has 2 heterocycles. The normalized spacial score (nSPS) is 16.3. The molecule has 39 heavy (non-hydrogen) atoms. The maximum atomic E-state index is 12.7. The smallest absolute Gasteiger partial charge is 0.413 e. The van der Waals surface area contributed by atoms with E-state index in [-0.39, 0.29) is 41.5 Å². The van der Waals surface area contributed by atoms with Crippen LogP contribution in [-0.4, -0.2) is 38.3 Å². The van der Waals surface area contributed by atoms with Crippen LogP contribution in [0.3, 0.4) is 0 Å². The second kappa shape index (κ2) is 10.3. The molecule has 1 saturated carbocycles. The monoisotopic (exact) mass is 535 g/mol. The van der Waals surface area contributed by atoms with E-state index in [2.05, 4.69) is 29.4 Å². The third-order valence-electron chi connectivity index (χ3n) is 6.71. The van der Waals surface area contributed by atoms with Crippen molar-refractivity contribution in [3.05, 3.63) is 52.9 Å². The fourth-order valence-corrected chi connectivity index (χ4v) is 4.58. The van der Waals surface area contributed by atoms with Gasteiger partial charge >= 0.3 is 6.09 Å². The summed E-state index contributed by atoms with van der Waals surface area (Å²) in [7, 11) is 0. The largest absolute Gasteiger partial charge is 0.444 e. The van der Waals surface area contributed by atoms with Crippen molar-refractivity contribution >= 4 is 23.6 Å². The summed E-state index contributed by atoms with van der Waals surface area (Å²) in [5, 5.41) is 11.4. The molecule has 1 unspecified atom stereocenters. The zero-order chi connectivity index (χ0) is 28.7. The molecule has 1 fully saturated rings. The topological polar surface area (TPSA) is 142 Å². The van der Waals surface area contributed by atoms with E-state index in [1.54, 1.807) is 32.9 Å². The third-order valence-corrected chi connectivity index (χ3v) is 6.71. The Labute approximate surface area is 228 Å². The van der Waals surface area contributed by atoms with Gasteiger partial charge in [0.1, 0.15) is 34.2 Å². The Bertz CT molecular complexity index is 1390. The fraction of sp³-hybridized carbons (Fsp3) is 0.483. The van der Waals surface area contributed by atoms with E-state index in [9.17, 15) is 14.4 Å². The quantitative estimate of drug-likeness (QED) is 0.372. The number of nitrogens with one attached hydrogen (secondary N) is 1. The minimum Gasteiger partial charge on any atom is -0.444 e. The van der Waals surface area contributed by atoms with Gasteiger partial charge in [-0.05, 0) is 52.0 Å². The Balaban J connectivity index is 1.50. The minimum absolute atomic E-state index is 0.00580. The second-order valence-corrected chi connectivity index (χ2v) is 12.2. The third kappa shape index (κ3) is 6.55. The first-order valence-electron chi connectivity index (χ1n) is 13.1. The number of primary amides is 1. The standard InChI is InChI=1S/C29H37N5O5/c1-16(2)34-26(31-27(37)38-28(3,4)5)23(25(30)36)24(32-34)18-10-8-17(9-11-18)12-19(35)13-20-14-22(33-39-20)21-15-29(21,6)7/h8-11,14,16,21H,12-13,15H2,1-7H3,(H2,30,36)(H,31,37). The van der Waals surface area contributed by atoms with Gasteiger partial charge in [-0.25, -0.2) is 9.48 Å². The summed E-state index contributed by atoms with van der Waals surface area (Å²) in [5.74, 6) is 0.406. The number of rotatable bonds is 9. The number of Topliss-reactive ketones (excluding diaryl/α,β-unsaturated/α-hetero) is 1. The van der Waals surface area contributed by atoms with Crippen molar-refractivity contribution in [2.24, 2.45) is 11.1 Å². The van der Waals surface area contributed by atoms with E-state index in [1.165, 1.54) is 4.68 Å². The lowest BCUT2D eigenvalue weighted by Crippen LogP contribution is -2.29. The highest BCUT2D eigenvalue weighted by Gasteiger charge is 2.48. The molecule has 0 radical (unpaired) electrons. The number of aromatic nitrogens is 3. The van der Waals surface area contributed by atoms with Gasteiger partial charge in [0, 0.05) is 30.0 Å². The molecular weight excluding hydrogens is 498 g/mol. The maximum Gasteiger partial charge on any atom is 0.413 e. The van der Waals surface area contributed by atoms with E-state index in [0.717, 1.165) is 17.7 Å². The van der Waals surface area contributed by atoms with Gasteiger partial charge in [-0.3, -0.25) is 14.9 Å². The lowest BCUT2D eigenvalue weighted by atomic mass is 10.0. The summed E-state index contributed by atoms with van der Waals surface area (Å²) in [6.45, 7) is 13.4. The molecule has 1 aliphatic rings. The molecular formula is C29H37N5O5. The number of ether oxygens (including phenoxy) is 1. The lowest BCUT2D eigenvalue weighted by molar-refractivity contribution is -0.118. The molecule has 0 aliphatic heterocycles. The highest BCUT2D eigenvalue weighted by atomic mass is 16.6. The van der Waals surface area contributed by atoms with Crippen molar-refractivity contribution in [1.29, 1.82) is 0 Å². The van der Waals surface area contributed by atoms with Crippen LogP contribution < -0.4 is 11.1 Å². The van der Waals surface area contributed by atoms with Crippen molar-refractivity contribution < 1.29 is 23.6 Å². The molecule has 3 aromatic rings. The van der Waals surface area contributed by atoms with E-state index in [4.69, 9.17) is 15.0 Å². The summed E-state index contributed by atoms with van der Waals surface area (Å²) < 4.78 is 12.3. The van der Waals surface area contributed by atoms with Crippen LogP contribution in [0.4, 0.5) is 10.6 Å². The number of nitrogens with zero attached hydrogens (tertiary/aromatic N) is 3. The van der Waals surface area contributed by atoms with Gasteiger partial charge in [0.15, 0.2) is 0 Å². The first kappa shape index (κ1) is 28.1. The first-order valence-corrected chi connectivity index (χ1v) is 13.1. The second-order valence-electron chi connectivity index (χ2n) is 12.2. The van der Waals surface area contributed by atoms with E-state index >= 15 is 0 Å². The zero-order valence-electron chi connectivity index (χ0n) is 23.6. The summed E-state index contributed by atoms with van der Waals surface area (Å²) >= 11 is 0. The number of hydrogen-bond donors (Lipinski definition) is 2. The van der Waals surface area contributed by atoms with Gasteiger partial charge in [0.25, 0.3) is 5.91 Å². The van der Waals surface area contributed by atoms with Crippen LogP contribution in [0.2, 0.25) is 0 Å². The SMILES string of the molecule is CC(C)n1nc(-c2ccc(CC(=O)Cc3cc(C4CC4(C)C)no3)cc2)c(C(N)=O)c1NC(=O)OC(C)(C)C. The predicted molar refractivity (Wildman–Crippen MR) is 146 cm³/mol. The van der Waals surface area contributed by atoms with Crippen LogP contribution in [0.1, 0.15) is 94.2 Å². The highest BCUT2D eigenvalue weighted by molar-refractivity contribution is 6.06. The van der Waals surface area contributed by atoms with Gasteiger partial charge in [0.05, 0.1) is 12.1 Å². The van der Waals surface area contributed by atoms with Crippen LogP contribution >= 0.6 is 0 Å². The Morgan fingerprint density at radius 2 is 1.82 bits per heavy atom. The summed E-state index contributed by atoms with van der Waals surface area (Å²) in [4.78, 5) is 37.7. The number of carbonyl (C=O) groups is 3. The van der Waals surface area contributed by atoms with Gasteiger partial charge in [0.2, 0.25) is 0 Å². The molecule has 0 spiro atoms. The highest BCUT2D eigenvalue weighted by Crippen LogP contribution is 2.58. The number of nitrogens with two attached hydrogens (primary N) is 1. The average Bonchev–Trinajstić information content (AvgIpc) is 3.12. The van der Waals surface area contributed by atoms with Crippen molar-refractivity contribution in [2.45, 2.75) is 85.3 Å². The molecule has 10 nitrogen and oxygen atoms in total. The molecule has 4 rings (SSSR count). The van der Waals surface area contributed by atoms with Gasteiger partial charge in [-0.15, -0.1) is 0 Å². The number of anilines is 1. The Morgan fingerprint density at radius 1 is 1.18 bits per heavy atom. The van der Waals surface area contributed by atoms with Gasteiger partial charge < -0.3 is 15.0 Å². The fourth-order valence-electron chi connectivity index (χ4n) is 4.58. The first-order chi connectivity index (χ1) is 18.1. The van der Waals surface area contributed by atoms with Gasteiger partial charge in [-0.1, -0.05) is 43.3 Å². The number of carbonyl (C=O) groups excluding carboxylic acids is 3. The Kier molecular flexibility index (Phi) is 7.42. The molecule has 1 aliphatic carbocycles.